The molecule has 1 saturated carbocycles. The SMILES string of the molecule is CC(CO)CNC(=O)C1(CN)CCCCC1. The predicted molar refractivity (Wildman–Crippen MR) is 63.8 cm³/mol. The average molecular weight is 228 g/mol. The van der Waals surface area contributed by atoms with Gasteiger partial charge in [0.2, 0.25) is 5.91 Å². The number of hydrogen-bond donors (Lipinski definition) is 3. The molecule has 0 saturated heterocycles. The van der Waals surface area contributed by atoms with Crippen molar-refractivity contribution in [3.63, 3.8) is 0 Å². The summed E-state index contributed by atoms with van der Waals surface area (Å²) in [6, 6.07) is 0. The molecule has 0 heterocycles. The Kier molecular flexibility index (Phi) is 5.22. The monoisotopic (exact) mass is 228 g/mol. The molecule has 1 aliphatic carbocycles. The molecule has 0 aromatic heterocycles. The maximum Gasteiger partial charge on any atom is 0.227 e. The van der Waals surface area contributed by atoms with Gasteiger partial charge in [0.15, 0.2) is 0 Å². The number of carbonyl (C=O) groups excluding carboxylic acids is 1. The first-order valence-corrected chi connectivity index (χ1v) is 6.24. The minimum Gasteiger partial charge on any atom is -0.396 e. The maximum atomic E-state index is 12.1. The van der Waals surface area contributed by atoms with Crippen LogP contribution in [0.25, 0.3) is 0 Å². The number of amides is 1. The van der Waals surface area contributed by atoms with Gasteiger partial charge in [-0.25, -0.2) is 0 Å². The first-order chi connectivity index (χ1) is 7.64. The highest BCUT2D eigenvalue weighted by Gasteiger charge is 2.37. The van der Waals surface area contributed by atoms with Crippen LogP contribution < -0.4 is 11.1 Å². The van der Waals surface area contributed by atoms with Crippen LogP contribution >= 0.6 is 0 Å². The average Bonchev–Trinajstić information content (AvgIpc) is 2.36. The van der Waals surface area contributed by atoms with Gasteiger partial charge in [0.1, 0.15) is 0 Å². The van der Waals surface area contributed by atoms with Crippen molar-refractivity contribution in [1.29, 1.82) is 0 Å². The molecule has 1 fully saturated rings. The quantitative estimate of drug-likeness (QED) is 0.646. The van der Waals surface area contributed by atoms with Gasteiger partial charge in [-0.1, -0.05) is 26.2 Å². The van der Waals surface area contributed by atoms with Crippen molar-refractivity contribution in [2.24, 2.45) is 17.1 Å². The molecule has 4 heteroatoms. The fourth-order valence-electron chi connectivity index (χ4n) is 2.27. The summed E-state index contributed by atoms with van der Waals surface area (Å²) in [5.74, 6) is 0.192. The van der Waals surface area contributed by atoms with Gasteiger partial charge < -0.3 is 16.2 Å². The molecule has 0 radical (unpaired) electrons. The Labute approximate surface area is 97.6 Å². The van der Waals surface area contributed by atoms with E-state index in [4.69, 9.17) is 10.8 Å². The fourth-order valence-corrected chi connectivity index (χ4v) is 2.27. The lowest BCUT2D eigenvalue weighted by Crippen LogP contribution is -2.48. The van der Waals surface area contributed by atoms with E-state index >= 15 is 0 Å². The molecule has 94 valence electrons. The van der Waals surface area contributed by atoms with Crippen LogP contribution in [0, 0.1) is 11.3 Å². The molecular formula is C12H24N2O2. The summed E-state index contributed by atoms with van der Waals surface area (Å²) in [4.78, 5) is 12.1. The van der Waals surface area contributed by atoms with E-state index in [1.54, 1.807) is 0 Å². The largest absolute Gasteiger partial charge is 0.396 e. The van der Waals surface area contributed by atoms with Gasteiger partial charge in [-0.05, 0) is 18.8 Å². The van der Waals surface area contributed by atoms with Crippen molar-refractivity contribution in [2.75, 3.05) is 19.7 Å². The molecule has 1 unspecified atom stereocenters. The third kappa shape index (κ3) is 3.19. The van der Waals surface area contributed by atoms with Gasteiger partial charge in [-0.15, -0.1) is 0 Å². The number of nitrogens with one attached hydrogen (secondary N) is 1. The normalized spacial score (nSPS) is 21.4. The lowest BCUT2D eigenvalue weighted by Gasteiger charge is -2.34. The van der Waals surface area contributed by atoms with E-state index in [0.29, 0.717) is 13.1 Å². The first kappa shape index (κ1) is 13.5. The first-order valence-electron chi connectivity index (χ1n) is 6.24. The molecule has 16 heavy (non-hydrogen) atoms. The topological polar surface area (TPSA) is 75.3 Å². The van der Waals surface area contributed by atoms with E-state index in [2.05, 4.69) is 5.32 Å². The Hall–Kier alpha value is -0.610. The van der Waals surface area contributed by atoms with Gasteiger partial charge in [0.25, 0.3) is 0 Å². The van der Waals surface area contributed by atoms with Crippen LogP contribution in [0.1, 0.15) is 39.0 Å². The molecule has 0 aliphatic heterocycles. The Balaban J connectivity index is 2.48. The molecule has 1 aliphatic rings. The second-order valence-corrected chi connectivity index (χ2v) is 5.04. The number of aliphatic hydroxyl groups is 1. The molecule has 1 rings (SSSR count). The molecule has 4 N–H and O–H groups in total. The highest BCUT2D eigenvalue weighted by Crippen LogP contribution is 2.35. The van der Waals surface area contributed by atoms with Gasteiger partial charge >= 0.3 is 0 Å². The summed E-state index contributed by atoms with van der Waals surface area (Å²) in [6.07, 6.45) is 5.22. The molecule has 1 amide bonds. The lowest BCUT2D eigenvalue weighted by molar-refractivity contribution is -0.132. The third-order valence-corrected chi connectivity index (χ3v) is 3.61. The molecular weight excluding hydrogens is 204 g/mol. The van der Waals surface area contributed by atoms with Gasteiger partial charge in [-0.3, -0.25) is 4.79 Å². The second-order valence-electron chi connectivity index (χ2n) is 5.04. The lowest BCUT2D eigenvalue weighted by atomic mass is 9.73. The second kappa shape index (κ2) is 6.21. The Bertz CT molecular complexity index is 225. The summed E-state index contributed by atoms with van der Waals surface area (Å²) in [7, 11) is 0. The van der Waals surface area contributed by atoms with Gasteiger partial charge in [0.05, 0.1) is 5.41 Å². The Morgan fingerprint density at radius 1 is 1.44 bits per heavy atom. The number of hydrogen-bond acceptors (Lipinski definition) is 3. The Morgan fingerprint density at radius 3 is 2.56 bits per heavy atom. The number of carbonyl (C=O) groups is 1. The van der Waals surface area contributed by atoms with E-state index < -0.39 is 0 Å². The molecule has 0 aromatic rings. The van der Waals surface area contributed by atoms with Crippen LogP contribution in [0.4, 0.5) is 0 Å². The zero-order valence-corrected chi connectivity index (χ0v) is 10.2. The highest BCUT2D eigenvalue weighted by molar-refractivity contribution is 5.83. The highest BCUT2D eigenvalue weighted by atomic mass is 16.3. The predicted octanol–water partition coefficient (Wildman–Crippen LogP) is 0.640. The van der Waals surface area contributed by atoms with Crippen LogP contribution in [0.2, 0.25) is 0 Å². The summed E-state index contributed by atoms with van der Waals surface area (Å²) < 4.78 is 0. The summed E-state index contributed by atoms with van der Waals surface area (Å²) >= 11 is 0. The van der Waals surface area contributed by atoms with Crippen molar-refractivity contribution in [3.05, 3.63) is 0 Å². The standard InChI is InChI=1S/C12H24N2O2/c1-10(8-15)7-14-11(16)12(9-13)5-3-2-4-6-12/h10,15H,2-9,13H2,1H3,(H,14,16). The van der Waals surface area contributed by atoms with Crippen LogP contribution in [-0.2, 0) is 4.79 Å². The zero-order valence-electron chi connectivity index (χ0n) is 10.2. The van der Waals surface area contributed by atoms with Crippen molar-refractivity contribution >= 4 is 5.91 Å². The molecule has 4 nitrogen and oxygen atoms in total. The third-order valence-electron chi connectivity index (χ3n) is 3.61. The van der Waals surface area contributed by atoms with E-state index in [0.717, 1.165) is 25.7 Å². The van der Waals surface area contributed by atoms with Crippen molar-refractivity contribution in [1.82, 2.24) is 5.32 Å². The van der Waals surface area contributed by atoms with Gasteiger partial charge in [0, 0.05) is 19.7 Å². The van der Waals surface area contributed by atoms with Crippen LogP contribution in [0.5, 0.6) is 0 Å². The maximum absolute atomic E-state index is 12.1. The Morgan fingerprint density at radius 2 is 2.06 bits per heavy atom. The minimum atomic E-state index is -0.340. The van der Waals surface area contributed by atoms with E-state index in [1.807, 2.05) is 6.92 Å². The fraction of sp³-hybridized carbons (Fsp3) is 0.917. The van der Waals surface area contributed by atoms with Crippen molar-refractivity contribution in [3.8, 4) is 0 Å². The van der Waals surface area contributed by atoms with E-state index in [-0.39, 0.29) is 23.8 Å². The van der Waals surface area contributed by atoms with E-state index in [1.165, 1.54) is 6.42 Å². The van der Waals surface area contributed by atoms with Crippen molar-refractivity contribution < 1.29 is 9.90 Å². The number of aliphatic hydroxyl groups excluding tert-OH is 1. The number of rotatable bonds is 5. The van der Waals surface area contributed by atoms with Crippen LogP contribution in [-0.4, -0.2) is 30.7 Å². The minimum absolute atomic E-state index is 0.0787. The van der Waals surface area contributed by atoms with Gasteiger partial charge in [-0.2, -0.15) is 0 Å². The summed E-state index contributed by atoms with van der Waals surface area (Å²) in [5, 5.41) is 11.8. The van der Waals surface area contributed by atoms with Crippen LogP contribution in [0.15, 0.2) is 0 Å². The smallest absolute Gasteiger partial charge is 0.227 e. The summed E-state index contributed by atoms with van der Waals surface area (Å²) in [5.41, 5.74) is 5.43. The summed E-state index contributed by atoms with van der Waals surface area (Å²) in [6.45, 7) is 3.00. The van der Waals surface area contributed by atoms with Crippen LogP contribution in [0.3, 0.4) is 0 Å². The van der Waals surface area contributed by atoms with E-state index in [9.17, 15) is 4.79 Å². The molecule has 0 spiro atoms. The molecule has 1 atom stereocenters. The molecule has 0 bridgehead atoms. The van der Waals surface area contributed by atoms with Crippen molar-refractivity contribution in [2.45, 2.75) is 39.0 Å². The molecule has 0 aromatic carbocycles. The zero-order chi connectivity index (χ0) is 12.0. The number of nitrogens with two attached hydrogens (primary N) is 1.